The smallest absolute Gasteiger partial charge is 0.255 e. The molecule has 9 heteroatoms. The van der Waals surface area contributed by atoms with Gasteiger partial charge in [0, 0.05) is 56.0 Å². The number of carbonyl (C=O) groups excluding carboxylic acids is 2. The zero-order valence-corrected chi connectivity index (χ0v) is 19.1. The first-order valence-electron chi connectivity index (χ1n) is 11.6. The summed E-state index contributed by atoms with van der Waals surface area (Å²) in [6.45, 7) is 5.74. The minimum absolute atomic E-state index is 0.169. The fourth-order valence-corrected chi connectivity index (χ4v) is 4.27. The van der Waals surface area contributed by atoms with E-state index in [2.05, 4.69) is 15.3 Å². The summed E-state index contributed by atoms with van der Waals surface area (Å²) in [5.41, 5.74) is 2.64. The number of likely N-dealkylation sites (tertiary alicyclic amines) is 1. The quantitative estimate of drug-likeness (QED) is 0.664. The van der Waals surface area contributed by atoms with Crippen LogP contribution in [0.25, 0.3) is 0 Å². The van der Waals surface area contributed by atoms with Crippen molar-refractivity contribution < 1.29 is 14.3 Å². The first kappa shape index (κ1) is 23.0. The lowest BCUT2D eigenvalue weighted by molar-refractivity contribution is -0.133. The monoisotopic (exact) mass is 453 g/mol. The van der Waals surface area contributed by atoms with Crippen molar-refractivity contribution in [3.8, 4) is 0 Å². The van der Waals surface area contributed by atoms with Crippen molar-refractivity contribution in [3.63, 3.8) is 0 Å². The van der Waals surface area contributed by atoms with E-state index in [1.54, 1.807) is 6.92 Å². The molecule has 2 amide bonds. The van der Waals surface area contributed by atoms with Crippen LogP contribution >= 0.6 is 0 Å². The zero-order valence-electron chi connectivity index (χ0n) is 19.1. The molecule has 2 saturated heterocycles. The molecule has 2 aromatic rings. The number of benzene rings is 1. The number of aromatic amines is 1. The number of H-pyrrole nitrogens is 1. The number of hydrogen-bond donors (Lipinski definition) is 2. The lowest BCUT2D eigenvalue weighted by Gasteiger charge is -2.27. The van der Waals surface area contributed by atoms with E-state index in [1.165, 1.54) is 0 Å². The number of aromatic nitrogens is 2. The maximum absolute atomic E-state index is 12.6. The molecule has 2 N–H and O–H groups in total. The number of nitrogens with zero attached hydrogens (tertiary/aromatic N) is 3. The third-order valence-electron chi connectivity index (χ3n) is 6.13. The maximum atomic E-state index is 12.6. The van der Waals surface area contributed by atoms with Gasteiger partial charge in [-0.25, -0.2) is 4.98 Å². The molecule has 9 nitrogen and oxygen atoms in total. The SMILES string of the molecule is Cc1nc(N2CCOCC2)[nH]c(=O)c1CCC(=O)Nc1cccc(CN2CCCCC2=O)c1. The number of anilines is 2. The van der Waals surface area contributed by atoms with Crippen molar-refractivity contribution in [2.24, 2.45) is 0 Å². The van der Waals surface area contributed by atoms with Crippen molar-refractivity contribution in [2.75, 3.05) is 43.1 Å². The number of amides is 2. The topological polar surface area (TPSA) is 108 Å². The van der Waals surface area contributed by atoms with E-state index in [0.29, 0.717) is 68.6 Å². The Morgan fingerprint density at radius 1 is 1.18 bits per heavy atom. The molecule has 4 rings (SSSR count). The van der Waals surface area contributed by atoms with Gasteiger partial charge in [0.2, 0.25) is 17.8 Å². The highest BCUT2D eigenvalue weighted by atomic mass is 16.5. The largest absolute Gasteiger partial charge is 0.378 e. The molecular formula is C24H31N5O4. The third kappa shape index (κ3) is 5.98. The molecule has 0 aliphatic carbocycles. The number of nitrogens with one attached hydrogen (secondary N) is 2. The Kier molecular flexibility index (Phi) is 7.39. The molecule has 3 heterocycles. The van der Waals surface area contributed by atoms with Gasteiger partial charge >= 0.3 is 0 Å². The molecular weight excluding hydrogens is 422 g/mol. The summed E-state index contributed by atoms with van der Waals surface area (Å²) in [5, 5.41) is 2.91. The predicted molar refractivity (Wildman–Crippen MR) is 125 cm³/mol. The van der Waals surface area contributed by atoms with Crippen LogP contribution in [0.3, 0.4) is 0 Å². The van der Waals surface area contributed by atoms with Crippen LogP contribution in [0.4, 0.5) is 11.6 Å². The number of carbonyl (C=O) groups is 2. The summed E-state index contributed by atoms with van der Waals surface area (Å²) in [7, 11) is 0. The normalized spacial score (nSPS) is 16.7. The summed E-state index contributed by atoms with van der Waals surface area (Å²) < 4.78 is 5.35. The van der Waals surface area contributed by atoms with Gasteiger partial charge in [-0.1, -0.05) is 12.1 Å². The fourth-order valence-electron chi connectivity index (χ4n) is 4.27. The minimum Gasteiger partial charge on any atom is -0.378 e. The fraction of sp³-hybridized carbons (Fsp3) is 0.500. The van der Waals surface area contributed by atoms with Crippen LogP contribution in [0, 0.1) is 6.92 Å². The summed E-state index contributed by atoms with van der Waals surface area (Å²) >= 11 is 0. The van der Waals surface area contributed by atoms with E-state index in [9.17, 15) is 14.4 Å². The van der Waals surface area contributed by atoms with Gasteiger partial charge in [0.05, 0.1) is 13.2 Å². The maximum Gasteiger partial charge on any atom is 0.255 e. The van der Waals surface area contributed by atoms with Gasteiger partial charge in [0.25, 0.3) is 5.56 Å². The minimum atomic E-state index is -0.204. The lowest BCUT2D eigenvalue weighted by atomic mass is 10.1. The number of morpholine rings is 1. The van der Waals surface area contributed by atoms with Crippen molar-refractivity contribution >= 4 is 23.5 Å². The summed E-state index contributed by atoms with van der Waals surface area (Å²) in [6, 6.07) is 7.57. The summed E-state index contributed by atoms with van der Waals surface area (Å²) in [6.07, 6.45) is 3.09. The second-order valence-electron chi connectivity index (χ2n) is 8.57. The van der Waals surface area contributed by atoms with E-state index < -0.39 is 0 Å². The first-order valence-corrected chi connectivity index (χ1v) is 11.6. The second-order valence-corrected chi connectivity index (χ2v) is 8.57. The molecule has 0 saturated carbocycles. The van der Waals surface area contributed by atoms with E-state index in [-0.39, 0.29) is 23.8 Å². The van der Waals surface area contributed by atoms with Crippen LogP contribution in [0.1, 0.15) is 42.5 Å². The number of ether oxygens (including phenoxy) is 1. The first-order chi connectivity index (χ1) is 16.0. The highest BCUT2D eigenvalue weighted by Crippen LogP contribution is 2.18. The van der Waals surface area contributed by atoms with Crippen LogP contribution in [0.2, 0.25) is 0 Å². The second kappa shape index (κ2) is 10.6. The van der Waals surface area contributed by atoms with Gasteiger partial charge in [-0.15, -0.1) is 0 Å². The Morgan fingerprint density at radius 2 is 2.00 bits per heavy atom. The molecule has 33 heavy (non-hydrogen) atoms. The van der Waals surface area contributed by atoms with Crippen LogP contribution in [-0.4, -0.2) is 59.5 Å². The van der Waals surface area contributed by atoms with Gasteiger partial charge in [-0.2, -0.15) is 0 Å². The van der Waals surface area contributed by atoms with Gasteiger partial charge in [-0.3, -0.25) is 19.4 Å². The summed E-state index contributed by atoms with van der Waals surface area (Å²) in [4.78, 5) is 48.5. The lowest BCUT2D eigenvalue weighted by Crippen LogP contribution is -2.38. The Balaban J connectivity index is 1.34. The van der Waals surface area contributed by atoms with Crippen LogP contribution in [0.15, 0.2) is 29.1 Å². The number of piperidine rings is 1. The van der Waals surface area contributed by atoms with Gasteiger partial charge < -0.3 is 19.9 Å². The highest BCUT2D eigenvalue weighted by molar-refractivity contribution is 5.90. The van der Waals surface area contributed by atoms with Gasteiger partial charge in [0.1, 0.15) is 0 Å². The molecule has 0 bridgehead atoms. The van der Waals surface area contributed by atoms with Crippen molar-refractivity contribution in [3.05, 3.63) is 51.4 Å². The van der Waals surface area contributed by atoms with Crippen LogP contribution < -0.4 is 15.8 Å². The van der Waals surface area contributed by atoms with E-state index >= 15 is 0 Å². The van der Waals surface area contributed by atoms with Crippen molar-refractivity contribution in [1.29, 1.82) is 0 Å². The molecule has 0 atom stereocenters. The highest BCUT2D eigenvalue weighted by Gasteiger charge is 2.19. The van der Waals surface area contributed by atoms with Crippen molar-refractivity contribution in [1.82, 2.24) is 14.9 Å². The Labute approximate surface area is 193 Å². The molecule has 0 radical (unpaired) electrons. The third-order valence-corrected chi connectivity index (χ3v) is 6.13. The molecule has 1 aromatic heterocycles. The molecule has 0 spiro atoms. The van der Waals surface area contributed by atoms with E-state index in [4.69, 9.17) is 4.74 Å². The van der Waals surface area contributed by atoms with Gasteiger partial charge in [0.15, 0.2) is 0 Å². The van der Waals surface area contributed by atoms with E-state index in [0.717, 1.165) is 24.9 Å². The molecule has 0 unspecified atom stereocenters. The Hall–Kier alpha value is -3.20. The van der Waals surface area contributed by atoms with E-state index in [1.807, 2.05) is 34.1 Å². The number of aryl methyl sites for hydroxylation is 1. The Morgan fingerprint density at radius 3 is 2.76 bits per heavy atom. The van der Waals surface area contributed by atoms with Gasteiger partial charge in [-0.05, 0) is 43.9 Å². The van der Waals surface area contributed by atoms with Crippen LogP contribution in [-0.2, 0) is 27.3 Å². The summed E-state index contributed by atoms with van der Waals surface area (Å²) in [5.74, 6) is 0.569. The predicted octanol–water partition coefficient (Wildman–Crippen LogP) is 2.00. The molecule has 2 aliphatic heterocycles. The average molecular weight is 454 g/mol. The number of rotatable bonds is 7. The van der Waals surface area contributed by atoms with Crippen molar-refractivity contribution in [2.45, 2.75) is 45.6 Å². The van der Waals surface area contributed by atoms with Crippen LogP contribution in [0.5, 0.6) is 0 Å². The molecule has 1 aromatic carbocycles. The standard InChI is InChI=1S/C24H31N5O4/c1-17-20(23(32)27-24(25-17)28-11-13-33-14-12-28)8-9-21(30)26-19-6-4-5-18(15-19)16-29-10-3-2-7-22(29)31/h4-6,15H,2-3,7-14,16H2,1H3,(H,26,30)(H,25,27,32). The molecule has 2 aliphatic rings. The molecule has 176 valence electrons. The number of hydrogen-bond acceptors (Lipinski definition) is 6. The molecule has 2 fully saturated rings. The Bertz CT molecular complexity index is 1060. The zero-order chi connectivity index (χ0) is 23.2. The average Bonchev–Trinajstić information content (AvgIpc) is 2.81.